The first-order valence-electron chi connectivity index (χ1n) is 9.16. The number of benzene rings is 1. The van der Waals surface area contributed by atoms with E-state index in [0.717, 1.165) is 31.4 Å². The van der Waals surface area contributed by atoms with Crippen LogP contribution in [-0.2, 0) is 24.7 Å². The van der Waals surface area contributed by atoms with Crippen LogP contribution in [0.3, 0.4) is 0 Å². The maximum Gasteiger partial charge on any atom is 0.222 e. The molecule has 1 fully saturated rings. The van der Waals surface area contributed by atoms with Crippen molar-refractivity contribution in [2.45, 2.75) is 37.8 Å². The van der Waals surface area contributed by atoms with E-state index in [2.05, 4.69) is 34.7 Å². The Bertz CT molecular complexity index is 744. The molecule has 1 aromatic carbocycles. The van der Waals surface area contributed by atoms with Crippen molar-refractivity contribution in [3.05, 3.63) is 53.3 Å². The summed E-state index contributed by atoms with van der Waals surface area (Å²) in [6.45, 7) is 0.940. The van der Waals surface area contributed by atoms with E-state index >= 15 is 0 Å². The molecule has 5 heteroatoms. The molecule has 1 N–H and O–H groups in total. The predicted octanol–water partition coefficient (Wildman–Crippen LogP) is 2.09. The van der Waals surface area contributed by atoms with Gasteiger partial charge in [-0.15, -0.1) is 0 Å². The van der Waals surface area contributed by atoms with E-state index in [1.54, 1.807) is 0 Å². The number of hydrogen-bond acceptors (Lipinski definition) is 3. The van der Waals surface area contributed by atoms with Gasteiger partial charge in [0.15, 0.2) is 0 Å². The summed E-state index contributed by atoms with van der Waals surface area (Å²) in [7, 11) is 3.86. The van der Waals surface area contributed by atoms with Gasteiger partial charge in [-0.3, -0.25) is 9.48 Å². The molecule has 2 heterocycles. The van der Waals surface area contributed by atoms with Crippen LogP contribution in [-0.4, -0.2) is 40.2 Å². The van der Waals surface area contributed by atoms with Gasteiger partial charge in [0.05, 0.1) is 12.2 Å². The van der Waals surface area contributed by atoms with Crippen LogP contribution in [0.4, 0.5) is 0 Å². The number of carbonyl (C=O) groups is 1. The van der Waals surface area contributed by atoms with E-state index in [1.807, 2.05) is 36.1 Å². The Hall–Kier alpha value is -2.14. The monoisotopic (exact) mass is 338 g/mol. The first-order valence-corrected chi connectivity index (χ1v) is 9.16. The Balaban J connectivity index is 1.44. The molecule has 1 amide bonds. The molecule has 0 saturated carbocycles. The quantitative estimate of drug-likeness (QED) is 0.929. The lowest BCUT2D eigenvalue weighted by Gasteiger charge is -2.39. The van der Waals surface area contributed by atoms with Gasteiger partial charge < -0.3 is 10.2 Å². The predicted molar refractivity (Wildman–Crippen MR) is 97.1 cm³/mol. The molecule has 0 bridgehead atoms. The van der Waals surface area contributed by atoms with Crippen molar-refractivity contribution < 1.29 is 4.79 Å². The SMILES string of the molecule is CN1C(=O)CC[C@H](CNC2Cc3ccccc3C2)[C@H]1c1cnn(C)c1. The Morgan fingerprint density at radius 3 is 2.56 bits per heavy atom. The molecule has 1 aliphatic carbocycles. The minimum atomic E-state index is 0.117. The average molecular weight is 338 g/mol. The van der Waals surface area contributed by atoms with E-state index in [0.29, 0.717) is 18.4 Å². The molecular formula is C20H26N4O. The Kier molecular flexibility index (Phi) is 4.34. The number of piperidine rings is 1. The molecule has 0 unspecified atom stereocenters. The van der Waals surface area contributed by atoms with Crippen LogP contribution in [0.15, 0.2) is 36.7 Å². The van der Waals surface area contributed by atoms with Gasteiger partial charge in [-0.25, -0.2) is 0 Å². The third-order valence-electron chi connectivity index (χ3n) is 5.77. The third kappa shape index (κ3) is 3.21. The number of carbonyl (C=O) groups excluding carboxylic acids is 1. The number of hydrogen-bond donors (Lipinski definition) is 1. The summed E-state index contributed by atoms with van der Waals surface area (Å²) in [6, 6.07) is 9.36. The van der Waals surface area contributed by atoms with E-state index in [-0.39, 0.29) is 11.9 Å². The zero-order chi connectivity index (χ0) is 17.4. The van der Waals surface area contributed by atoms with Crippen molar-refractivity contribution in [3.8, 4) is 0 Å². The van der Waals surface area contributed by atoms with Gasteiger partial charge in [-0.05, 0) is 36.3 Å². The zero-order valence-electron chi connectivity index (χ0n) is 15.0. The summed E-state index contributed by atoms with van der Waals surface area (Å²) in [4.78, 5) is 14.1. The second-order valence-electron chi connectivity index (χ2n) is 7.48. The Morgan fingerprint density at radius 1 is 1.20 bits per heavy atom. The summed E-state index contributed by atoms with van der Waals surface area (Å²) < 4.78 is 1.82. The molecule has 5 nitrogen and oxygen atoms in total. The van der Waals surface area contributed by atoms with Crippen molar-refractivity contribution in [1.29, 1.82) is 0 Å². The topological polar surface area (TPSA) is 50.2 Å². The van der Waals surface area contributed by atoms with Crippen LogP contribution in [0.25, 0.3) is 0 Å². The molecule has 0 spiro atoms. The second kappa shape index (κ2) is 6.64. The van der Waals surface area contributed by atoms with Crippen LogP contribution in [0, 0.1) is 5.92 Å². The molecule has 25 heavy (non-hydrogen) atoms. The fourth-order valence-corrected chi connectivity index (χ4v) is 4.44. The molecule has 1 saturated heterocycles. The standard InChI is InChI=1S/C20H26N4O/c1-23-13-17(12-22-23)20-16(7-8-19(25)24(20)2)11-21-18-9-14-5-3-4-6-15(14)10-18/h3-6,12-13,16,18,20-21H,7-11H2,1-2H3/t16-,20+/m1/s1. The fourth-order valence-electron chi connectivity index (χ4n) is 4.44. The normalized spacial score (nSPS) is 23.9. The Labute approximate surface area is 149 Å². The minimum absolute atomic E-state index is 0.117. The number of nitrogens with one attached hydrogen (secondary N) is 1. The van der Waals surface area contributed by atoms with Gasteiger partial charge >= 0.3 is 0 Å². The summed E-state index contributed by atoms with van der Waals surface area (Å²) in [5, 5.41) is 8.08. The molecule has 1 aromatic heterocycles. The van der Waals surface area contributed by atoms with Crippen molar-refractivity contribution in [1.82, 2.24) is 20.0 Å². The lowest BCUT2D eigenvalue weighted by molar-refractivity contribution is -0.137. The smallest absolute Gasteiger partial charge is 0.222 e. The number of rotatable bonds is 4. The van der Waals surface area contributed by atoms with Crippen LogP contribution in [0.1, 0.15) is 35.6 Å². The maximum absolute atomic E-state index is 12.2. The van der Waals surface area contributed by atoms with Gasteiger partial charge in [0.25, 0.3) is 0 Å². The number of fused-ring (bicyclic) bond motifs is 1. The van der Waals surface area contributed by atoms with Crippen molar-refractivity contribution in [2.75, 3.05) is 13.6 Å². The largest absolute Gasteiger partial charge is 0.338 e. The Morgan fingerprint density at radius 2 is 1.92 bits per heavy atom. The lowest BCUT2D eigenvalue weighted by atomic mass is 9.85. The fraction of sp³-hybridized carbons (Fsp3) is 0.500. The van der Waals surface area contributed by atoms with Crippen LogP contribution in [0.5, 0.6) is 0 Å². The van der Waals surface area contributed by atoms with E-state index < -0.39 is 0 Å². The summed E-state index contributed by atoms with van der Waals surface area (Å²) in [5.74, 6) is 0.661. The highest BCUT2D eigenvalue weighted by Crippen LogP contribution is 2.35. The van der Waals surface area contributed by atoms with Crippen LogP contribution < -0.4 is 5.32 Å². The van der Waals surface area contributed by atoms with E-state index in [1.165, 1.54) is 11.1 Å². The molecule has 2 atom stereocenters. The summed E-state index contributed by atoms with van der Waals surface area (Å²) >= 11 is 0. The first-order chi connectivity index (χ1) is 12.1. The van der Waals surface area contributed by atoms with Gasteiger partial charge in [0.2, 0.25) is 5.91 Å². The number of nitrogens with zero attached hydrogens (tertiary/aromatic N) is 3. The highest BCUT2D eigenvalue weighted by Gasteiger charge is 2.35. The highest BCUT2D eigenvalue weighted by molar-refractivity contribution is 5.77. The molecule has 132 valence electrons. The molecule has 0 radical (unpaired) electrons. The molecule has 2 aliphatic rings. The van der Waals surface area contributed by atoms with Gasteiger partial charge in [-0.2, -0.15) is 5.10 Å². The number of aryl methyl sites for hydroxylation is 1. The second-order valence-corrected chi connectivity index (χ2v) is 7.48. The van der Waals surface area contributed by atoms with Gasteiger partial charge in [0.1, 0.15) is 0 Å². The average Bonchev–Trinajstić information content (AvgIpc) is 3.21. The maximum atomic E-state index is 12.2. The number of amides is 1. The first kappa shape index (κ1) is 16.3. The van der Waals surface area contributed by atoms with Crippen LogP contribution in [0.2, 0.25) is 0 Å². The molecular weight excluding hydrogens is 312 g/mol. The lowest BCUT2D eigenvalue weighted by Crippen LogP contribution is -2.45. The zero-order valence-corrected chi connectivity index (χ0v) is 15.0. The number of aromatic nitrogens is 2. The molecule has 1 aliphatic heterocycles. The highest BCUT2D eigenvalue weighted by atomic mass is 16.2. The van der Waals surface area contributed by atoms with E-state index in [4.69, 9.17) is 0 Å². The molecule has 4 rings (SSSR count). The number of likely N-dealkylation sites (tertiary alicyclic amines) is 1. The summed E-state index contributed by atoms with van der Waals surface area (Å²) in [5.41, 5.74) is 4.08. The van der Waals surface area contributed by atoms with Crippen molar-refractivity contribution >= 4 is 5.91 Å². The van der Waals surface area contributed by atoms with Crippen molar-refractivity contribution in [3.63, 3.8) is 0 Å². The molecule has 2 aromatic rings. The van der Waals surface area contributed by atoms with E-state index in [9.17, 15) is 4.79 Å². The third-order valence-corrected chi connectivity index (χ3v) is 5.77. The van der Waals surface area contributed by atoms with Gasteiger partial charge in [0, 0.05) is 44.9 Å². The van der Waals surface area contributed by atoms with Crippen molar-refractivity contribution in [2.24, 2.45) is 13.0 Å². The summed E-state index contributed by atoms with van der Waals surface area (Å²) in [6.07, 6.45) is 7.74. The van der Waals surface area contributed by atoms with Crippen LogP contribution >= 0.6 is 0 Å². The minimum Gasteiger partial charge on any atom is -0.338 e. The van der Waals surface area contributed by atoms with Gasteiger partial charge in [-0.1, -0.05) is 24.3 Å².